The van der Waals surface area contributed by atoms with Crippen LogP contribution in [-0.2, 0) is 22.7 Å². The molecule has 0 radical (unpaired) electrons. The predicted octanol–water partition coefficient (Wildman–Crippen LogP) is 1.73. The maximum absolute atomic E-state index is 13.5. The van der Waals surface area contributed by atoms with Crippen LogP contribution in [0.4, 0.5) is 4.39 Å². The zero-order chi connectivity index (χ0) is 14.4. The Morgan fingerprint density at radius 3 is 3.10 bits per heavy atom. The van der Waals surface area contributed by atoms with Gasteiger partial charge in [0, 0.05) is 31.7 Å². The fourth-order valence-corrected chi connectivity index (χ4v) is 2.43. The molecule has 1 aromatic carbocycles. The molecule has 20 heavy (non-hydrogen) atoms. The first-order valence-electron chi connectivity index (χ1n) is 6.95. The highest BCUT2D eigenvalue weighted by Crippen LogP contribution is 2.12. The van der Waals surface area contributed by atoms with Crippen LogP contribution in [0.5, 0.6) is 0 Å². The molecule has 0 aromatic heterocycles. The Labute approximate surface area is 118 Å². The van der Waals surface area contributed by atoms with Crippen molar-refractivity contribution in [3.63, 3.8) is 0 Å². The molecule has 1 aromatic rings. The van der Waals surface area contributed by atoms with Gasteiger partial charge in [0.25, 0.3) is 0 Å². The number of halogens is 1. The first-order valence-corrected chi connectivity index (χ1v) is 6.95. The zero-order valence-electron chi connectivity index (χ0n) is 11.7. The van der Waals surface area contributed by atoms with Crippen molar-refractivity contribution in [1.82, 2.24) is 10.6 Å². The number of hydrogen-bond donors (Lipinski definition) is 2. The Morgan fingerprint density at radius 2 is 2.40 bits per heavy atom. The van der Waals surface area contributed by atoms with Gasteiger partial charge >= 0.3 is 0 Å². The molecular formula is C15H21FN2O2. The van der Waals surface area contributed by atoms with E-state index in [2.05, 4.69) is 10.6 Å². The second-order valence-electron chi connectivity index (χ2n) is 5.13. The van der Waals surface area contributed by atoms with Gasteiger partial charge in [0.2, 0.25) is 5.91 Å². The van der Waals surface area contributed by atoms with Crippen molar-refractivity contribution in [2.24, 2.45) is 0 Å². The Bertz CT molecular complexity index is 459. The first kappa shape index (κ1) is 14.9. The van der Waals surface area contributed by atoms with E-state index in [1.807, 2.05) is 0 Å². The van der Waals surface area contributed by atoms with Crippen LogP contribution >= 0.6 is 0 Å². The van der Waals surface area contributed by atoms with Crippen molar-refractivity contribution in [1.29, 1.82) is 0 Å². The Hall–Kier alpha value is -1.46. The fraction of sp³-hybridized carbons (Fsp3) is 0.533. The number of amides is 1. The summed E-state index contributed by atoms with van der Waals surface area (Å²) in [5, 5.41) is 6.16. The normalized spacial score (nSPS) is 18.2. The van der Waals surface area contributed by atoms with Crippen LogP contribution in [-0.4, -0.2) is 25.6 Å². The van der Waals surface area contributed by atoms with Crippen molar-refractivity contribution < 1.29 is 13.9 Å². The highest BCUT2D eigenvalue weighted by molar-refractivity contribution is 5.76. The highest BCUT2D eigenvalue weighted by Gasteiger charge is 2.17. The number of carbonyl (C=O) groups excluding carboxylic acids is 1. The molecule has 1 unspecified atom stereocenters. The monoisotopic (exact) mass is 280 g/mol. The van der Waals surface area contributed by atoms with Gasteiger partial charge < -0.3 is 15.4 Å². The molecule has 1 atom stereocenters. The molecule has 2 rings (SSSR count). The summed E-state index contributed by atoms with van der Waals surface area (Å²) in [7, 11) is 1.53. The van der Waals surface area contributed by atoms with Crippen molar-refractivity contribution in [2.75, 3.05) is 13.7 Å². The standard InChI is InChI=1S/C15H21FN2O2/c1-20-10-12-7-11(4-5-14(12)16)9-18-15(19)8-13-3-2-6-17-13/h4-5,7,13,17H,2-3,6,8-10H2,1H3,(H,18,19). The molecule has 1 heterocycles. The second kappa shape index (κ2) is 7.36. The van der Waals surface area contributed by atoms with Crippen molar-refractivity contribution in [2.45, 2.75) is 38.5 Å². The zero-order valence-corrected chi connectivity index (χ0v) is 11.7. The molecule has 0 aliphatic carbocycles. The van der Waals surface area contributed by atoms with Gasteiger partial charge in [0.15, 0.2) is 0 Å². The molecule has 2 N–H and O–H groups in total. The van der Waals surface area contributed by atoms with Crippen LogP contribution in [0.15, 0.2) is 18.2 Å². The van der Waals surface area contributed by atoms with Gasteiger partial charge in [-0.1, -0.05) is 6.07 Å². The molecular weight excluding hydrogens is 259 g/mol. The topological polar surface area (TPSA) is 50.4 Å². The third-order valence-electron chi connectivity index (χ3n) is 3.49. The number of rotatable bonds is 6. The summed E-state index contributed by atoms with van der Waals surface area (Å²) in [6.45, 7) is 1.65. The molecule has 1 saturated heterocycles. The largest absolute Gasteiger partial charge is 0.380 e. The maximum atomic E-state index is 13.5. The summed E-state index contributed by atoms with van der Waals surface area (Å²) in [4.78, 5) is 11.8. The molecule has 1 fully saturated rings. The van der Waals surface area contributed by atoms with E-state index in [9.17, 15) is 9.18 Å². The van der Waals surface area contributed by atoms with Gasteiger partial charge in [-0.25, -0.2) is 4.39 Å². The number of methoxy groups -OCH3 is 1. The van der Waals surface area contributed by atoms with Gasteiger partial charge in [-0.05, 0) is 37.1 Å². The van der Waals surface area contributed by atoms with E-state index < -0.39 is 0 Å². The van der Waals surface area contributed by atoms with E-state index in [0.717, 1.165) is 24.9 Å². The molecule has 1 aliphatic heterocycles. The van der Waals surface area contributed by atoms with Gasteiger partial charge in [-0.2, -0.15) is 0 Å². The van der Waals surface area contributed by atoms with Gasteiger partial charge in [-0.15, -0.1) is 0 Å². The Kier molecular flexibility index (Phi) is 5.49. The van der Waals surface area contributed by atoms with Gasteiger partial charge in [-0.3, -0.25) is 4.79 Å². The molecule has 0 saturated carbocycles. The molecule has 1 amide bonds. The lowest BCUT2D eigenvalue weighted by atomic mass is 10.1. The number of hydrogen-bond acceptors (Lipinski definition) is 3. The molecule has 110 valence electrons. The lowest BCUT2D eigenvalue weighted by Gasteiger charge is -2.11. The third-order valence-corrected chi connectivity index (χ3v) is 3.49. The minimum absolute atomic E-state index is 0.0296. The number of benzene rings is 1. The van der Waals surface area contributed by atoms with Crippen LogP contribution in [0.3, 0.4) is 0 Å². The lowest BCUT2D eigenvalue weighted by molar-refractivity contribution is -0.121. The summed E-state index contributed by atoms with van der Waals surface area (Å²) in [5.74, 6) is -0.251. The smallest absolute Gasteiger partial charge is 0.221 e. The lowest BCUT2D eigenvalue weighted by Crippen LogP contribution is -2.31. The number of carbonyl (C=O) groups is 1. The van der Waals surface area contributed by atoms with Crippen LogP contribution in [0.2, 0.25) is 0 Å². The summed E-state index contributed by atoms with van der Waals surface area (Å²) in [5.41, 5.74) is 1.39. The summed E-state index contributed by atoms with van der Waals surface area (Å²) in [6, 6.07) is 5.12. The van der Waals surface area contributed by atoms with Crippen LogP contribution < -0.4 is 10.6 Å². The van der Waals surface area contributed by atoms with E-state index in [4.69, 9.17) is 4.74 Å². The van der Waals surface area contributed by atoms with Gasteiger partial charge in [0.05, 0.1) is 6.61 Å². The van der Waals surface area contributed by atoms with E-state index >= 15 is 0 Å². The quantitative estimate of drug-likeness (QED) is 0.834. The highest BCUT2D eigenvalue weighted by atomic mass is 19.1. The van der Waals surface area contributed by atoms with E-state index in [0.29, 0.717) is 24.6 Å². The summed E-state index contributed by atoms with van der Waals surface area (Å²) in [6.07, 6.45) is 2.70. The van der Waals surface area contributed by atoms with E-state index in [-0.39, 0.29) is 18.3 Å². The third kappa shape index (κ3) is 4.28. The molecule has 0 bridgehead atoms. The van der Waals surface area contributed by atoms with Crippen molar-refractivity contribution in [3.8, 4) is 0 Å². The molecule has 1 aliphatic rings. The SMILES string of the molecule is COCc1cc(CNC(=O)CC2CCCN2)ccc1F. The second-order valence-corrected chi connectivity index (χ2v) is 5.13. The maximum Gasteiger partial charge on any atom is 0.221 e. The Balaban J connectivity index is 1.83. The van der Waals surface area contributed by atoms with Crippen molar-refractivity contribution >= 4 is 5.91 Å². The van der Waals surface area contributed by atoms with Gasteiger partial charge in [0.1, 0.15) is 5.82 Å². The predicted molar refractivity (Wildman–Crippen MR) is 74.6 cm³/mol. The number of ether oxygens (including phenoxy) is 1. The summed E-state index contributed by atoms with van der Waals surface area (Å²) >= 11 is 0. The van der Waals surface area contributed by atoms with Crippen LogP contribution in [0.1, 0.15) is 30.4 Å². The molecule has 0 spiro atoms. The van der Waals surface area contributed by atoms with Crippen LogP contribution in [0.25, 0.3) is 0 Å². The van der Waals surface area contributed by atoms with E-state index in [1.165, 1.54) is 13.2 Å². The first-order chi connectivity index (χ1) is 9.69. The van der Waals surface area contributed by atoms with Crippen LogP contribution in [0, 0.1) is 5.82 Å². The minimum atomic E-state index is -0.280. The van der Waals surface area contributed by atoms with E-state index in [1.54, 1.807) is 12.1 Å². The van der Waals surface area contributed by atoms with Crippen molar-refractivity contribution in [3.05, 3.63) is 35.1 Å². The average molecular weight is 280 g/mol. The molecule has 4 nitrogen and oxygen atoms in total. The number of nitrogens with one attached hydrogen (secondary N) is 2. The average Bonchev–Trinajstić information content (AvgIpc) is 2.93. The minimum Gasteiger partial charge on any atom is -0.380 e. The Morgan fingerprint density at radius 1 is 1.55 bits per heavy atom. The fourth-order valence-electron chi connectivity index (χ4n) is 2.43. The summed E-state index contributed by atoms with van der Waals surface area (Å²) < 4.78 is 18.4. The molecule has 5 heteroatoms.